The third-order valence-electron chi connectivity index (χ3n) is 3.92. The van der Waals surface area contributed by atoms with Crippen molar-refractivity contribution in [2.45, 2.75) is 10.1 Å². The molecule has 2 aromatic carbocycles. The molecule has 0 unspecified atom stereocenters. The number of carbonyl (C=O) groups excluding carboxylic acids is 1. The molecule has 0 radical (unpaired) electrons. The zero-order valence-corrected chi connectivity index (χ0v) is 17.1. The number of benzene rings is 2. The fourth-order valence-corrected chi connectivity index (χ4v) is 3.84. The van der Waals surface area contributed by atoms with Crippen molar-refractivity contribution < 1.29 is 18.4 Å². The lowest BCUT2D eigenvalue weighted by Gasteiger charge is -2.09. The number of amides is 2. The third kappa shape index (κ3) is 5.13. The molecule has 9 nitrogen and oxygen atoms in total. The molecule has 3 aromatic rings. The summed E-state index contributed by atoms with van der Waals surface area (Å²) in [7, 11) is -3.30. The number of primary amides is 1. The van der Waals surface area contributed by atoms with Crippen LogP contribution in [0.2, 0.25) is 0 Å². The molecule has 0 fully saturated rings. The lowest BCUT2D eigenvalue weighted by Crippen LogP contribution is -2.34. The molecule has 3 rings (SSSR count). The Labute approximate surface area is 172 Å². The van der Waals surface area contributed by atoms with Crippen LogP contribution in [0.25, 0.3) is 17.1 Å². The first-order valence-electron chi connectivity index (χ1n) is 8.47. The predicted octanol–water partition coefficient (Wildman–Crippen LogP) is 2.20. The Bertz CT molecular complexity index is 1100. The molecular formula is C18H19N5O4S2. The number of nitrogens with zero attached hydrogens (tertiary/aromatic N) is 4. The smallest absolute Gasteiger partial charge is 0.338 e. The van der Waals surface area contributed by atoms with E-state index >= 15 is 0 Å². The highest BCUT2D eigenvalue weighted by molar-refractivity contribution is 7.99. The van der Waals surface area contributed by atoms with E-state index in [-0.39, 0.29) is 11.4 Å². The molecule has 0 aliphatic carbocycles. The van der Waals surface area contributed by atoms with Gasteiger partial charge in [-0.25, -0.2) is 27.9 Å². The Morgan fingerprint density at radius 1 is 1.17 bits per heavy atom. The number of urea groups is 1. The van der Waals surface area contributed by atoms with Gasteiger partial charge in [-0.1, -0.05) is 42.1 Å². The lowest BCUT2D eigenvalue weighted by atomic mass is 10.2. The van der Waals surface area contributed by atoms with Crippen LogP contribution in [-0.2, 0) is 9.84 Å². The molecule has 0 spiro atoms. The summed E-state index contributed by atoms with van der Waals surface area (Å²) in [5.41, 5.74) is 6.47. The van der Waals surface area contributed by atoms with Crippen LogP contribution in [0, 0.1) is 0 Å². The summed E-state index contributed by atoms with van der Waals surface area (Å²) >= 11 is 1.25. The van der Waals surface area contributed by atoms with Gasteiger partial charge in [0, 0.05) is 17.6 Å². The van der Waals surface area contributed by atoms with E-state index in [0.29, 0.717) is 27.5 Å². The summed E-state index contributed by atoms with van der Waals surface area (Å²) in [4.78, 5) is 15.6. The van der Waals surface area contributed by atoms with E-state index < -0.39 is 15.9 Å². The molecule has 3 N–H and O–H groups in total. The zero-order valence-electron chi connectivity index (χ0n) is 15.5. The molecule has 0 aliphatic rings. The average Bonchev–Trinajstić information content (AvgIpc) is 3.12. The van der Waals surface area contributed by atoms with Crippen LogP contribution < -0.4 is 5.73 Å². The molecule has 152 valence electrons. The summed E-state index contributed by atoms with van der Waals surface area (Å²) in [6.45, 7) is 0.0261. The third-order valence-corrected chi connectivity index (χ3v) is 5.86. The van der Waals surface area contributed by atoms with Crippen molar-refractivity contribution in [2.75, 3.05) is 18.6 Å². The van der Waals surface area contributed by atoms with Crippen LogP contribution in [0.1, 0.15) is 0 Å². The average molecular weight is 434 g/mol. The molecule has 11 heteroatoms. The number of rotatable bonds is 7. The maximum atomic E-state index is 11.7. The maximum Gasteiger partial charge on any atom is 0.338 e. The van der Waals surface area contributed by atoms with Gasteiger partial charge in [-0.05, 0) is 24.3 Å². The number of carbonyl (C=O) groups is 1. The van der Waals surface area contributed by atoms with Gasteiger partial charge in [0.25, 0.3) is 0 Å². The first kappa shape index (κ1) is 20.8. The van der Waals surface area contributed by atoms with E-state index in [1.54, 1.807) is 16.8 Å². The van der Waals surface area contributed by atoms with Crippen LogP contribution in [0.3, 0.4) is 0 Å². The topological polar surface area (TPSA) is 131 Å². The number of sulfone groups is 1. The summed E-state index contributed by atoms with van der Waals surface area (Å²) in [6.07, 6.45) is 1.15. The van der Waals surface area contributed by atoms with Gasteiger partial charge in [0.1, 0.15) is 0 Å². The van der Waals surface area contributed by atoms with Gasteiger partial charge in [0.05, 0.1) is 17.1 Å². The minimum absolute atomic E-state index is 0.0261. The van der Waals surface area contributed by atoms with E-state index in [4.69, 9.17) is 5.73 Å². The fraction of sp³-hybridized carbons (Fsp3) is 0.167. The minimum atomic E-state index is -3.30. The van der Waals surface area contributed by atoms with Crippen molar-refractivity contribution in [3.63, 3.8) is 0 Å². The van der Waals surface area contributed by atoms with Gasteiger partial charge < -0.3 is 5.73 Å². The highest BCUT2D eigenvalue weighted by atomic mass is 32.2. The molecule has 29 heavy (non-hydrogen) atoms. The number of hydrogen-bond acceptors (Lipinski definition) is 7. The Kier molecular flexibility index (Phi) is 6.20. The summed E-state index contributed by atoms with van der Waals surface area (Å²) in [5.74, 6) is 0.918. The van der Waals surface area contributed by atoms with Gasteiger partial charge in [-0.2, -0.15) is 0 Å². The summed E-state index contributed by atoms with van der Waals surface area (Å²) < 4.78 is 25.0. The first-order valence-corrected chi connectivity index (χ1v) is 11.3. The van der Waals surface area contributed by atoms with Crippen molar-refractivity contribution in [3.8, 4) is 17.1 Å². The van der Waals surface area contributed by atoms with Gasteiger partial charge in [-0.3, -0.25) is 5.21 Å². The van der Waals surface area contributed by atoms with Crippen molar-refractivity contribution >= 4 is 27.6 Å². The molecular weight excluding hydrogens is 414 g/mol. The quantitative estimate of drug-likeness (QED) is 0.332. The van der Waals surface area contributed by atoms with Crippen molar-refractivity contribution in [3.05, 3.63) is 54.6 Å². The van der Waals surface area contributed by atoms with E-state index in [1.165, 1.54) is 23.9 Å². The van der Waals surface area contributed by atoms with E-state index in [0.717, 1.165) is 11.8 Å². The molecule has 0 atom stereocenters. The zero-order chi connectivity index (χ0) is 21.0. The second-order valence-corrected chi connectivity index (χ2v) is 9.15. The van der Waals surface area contributed by atoms with Crippen LogP contribution in [0.5, 0.6) is 0 Å². The predicted molar refractivity (Wildman–Crippen MR) is 109 cm³/mol. The number of aromatic nitrogens is 3. The van der Waals surface area contributed by atoms with E-state index in [9.17, 15) is 18.4 Å². The molecule has 1 heterocycles. The minimum Gasteiger partial charge on any atom is -0.350 e. The molecule has 2 amide bonds. The van der Waals surface area contributed by atoms with Crippen molar-refractivity contribution in [1.82, 2.24) is 19.8 Å². The Balaban J connectivity index is 1.92. The number of thioether (sulfide) groups is 1. The standard InChI is InChI=1S/C18H19N5O4S2/c1-29(26,27)15-9-7-14(8-10-15)23-16(13-5-3-2-4-6-13)20-18(21-23)28-12-11-22(25)17(19)24/h2-10,25H,11-12H2,1H3,(H2,19,24). The Hall–Kier alpha value is -2.89. The van der Waals surface area contributed by atoms with E-state index in [2.05, 4.69) is 10.1 Å². The highest BCUT2D eigenvalue weighted by Gasteiger charge is 2.16. The Morgan fingerprint density at radius 3 is 2.41 bits per heavy atom. The molecule has 0 aliphatic heterocycles. The second kappa shape index (κ2) is 8.64. The summed E-state index contributed by atoms with van der Waals surface area (Å²) in [6, 6.07) is 14.9. The van der Waals surface area contributed by atoms with Crippen molar-refractivity contribution in [1.29, 1.82) is 0 Å². The monoisotopic (exact) mass is 433 g/mol. The molecule has 0 saturated heterocycles. The highest BCUT2D eigenvalue weighted by Crippen LogP contribution is 2.25. The lowest BCUT2D eigenvalue weighted by molar-refractivity contribution is -0.0335. The summed E-state index contributed by atoms with van der Waals surface area (Å²) in [5, 5.41) is 14.7. The van der Waals surface area contributed by atoms with Crippen LogP contribution >= 0.6 is 11.8 Å². The van der Waals surface area contributed by atoms with Crippen molar-refractivity contribution in [2.24, 2.45) is 5.73 Å². The van der Waals surface area contributed by atoms with Gasteiger partial charge in [-0.15, -0.1) is 5.10 Å². The van der Waals surface area contributed by atoms with Crippen LogP contribution in [-0.4, -0.2) is 58.0 Å². The Morgan fingerprint density at radius 2 is 1.83 bits per heavy atom. The van der Waals surface area contributed by atoms with Crippen LogP contribution in [0.15, 0.2) is 64.6 Å². The SMILES string of the molecule is CS(=O)(=O)c1ccc(-n2nc(SCCN(O)C(N)=O)nc2-c2ccccc2)cc1. The van der Waals surface area contributed by atoms with Gasteiger partial charge in [0.2, 0.25) is 5.16 Å². The number of hydroxylamine groups is 2. The van der Waals surface area contributed by atoms with Gasteiger partial charge >= 0.3 is 6.03 Å². The molecule has 0 saturated carbocycles. The largest absolute Gasteiger partial charge is 0.350 e. The maximum absolute atomic E-state index is 11.7. The molecule has 1 aromatic heterocycles. The number of nitrogens with two attached hydrogens (primary N) is 1. The van der Waals surface area contributed by atoms with E-state index in [1.807, 2.05) is 30.3 Å². The fourth-order valence-electron chi connectivity index (χ4n) is 2.48. The normalized spacial score (nSPS) is 11.4. The van der Waals surface area contributed by atoms with Gasteiger partial charge in [0.15, 0.2) is 15.7 Å². The second-order valence-electron chi connectivity index (χ2n) is 6.07. The first-order chi connectivity index (χ1) is 13.8. The number of hydrogen-bond donors (Lipinski definition) is 2. The van der Waals surface area contributed by atoms with Crippen LogP contribution in [0.4, 0.5) is 4.79 Å². The molecule has 0 bridgehead atoms.